The van der Waals surface area contributed by atoms with Crippen LogP contribution in [0.3, 0.4) is 0 Å². The lowest BCUT2D eigenvalue weighted by atomic mass is 10.1. The minimum atomic E-state index is -0.544. The number of aryl methyl sites for hydroxylation is 1. The highest BCUT2D eigenvalue weighted by Gasteiger charge is 2.21. The fourth-order valence-corrected chi connectivity index (χ4v) is 2.22. The van der Waals surface area contributed by atoms with Crippen LogP contribution in [0.25, 0.3) is 0 Å². The summed E-state index contributed by atoms with van der Waals surface area (Å²) in [6, 6.07) is 4.26. The Labute approximate surface area is 137 Å². The summed E-state index contributed by atoms with van der Waals surface area (Å²) in [6.07, 6.45) is 1.54. The number of nitro groups is 1. The Morgan fingerprint density at radius 1 is 1.33 bits per heavy atom. The number of nitrogens with one attached hydrogen (secondary N) is 2. The average Bonchev–Trinajstić information content (AvgIpc) is 2.96. The molecule has 2 N–H and O–H groups in total. The second-order valence-electron chi connectivity index (χ2n) is 4.99. The van der Waals surface area contributed by atoms with Crippen LogP contribution < -0.4 is 10.6 Å². The Kier molecular flexibility index (Phi) is 4.93. The van der Waals surface area contributed by atoms with E-state index in [9.17, 15) is 19.7 Å². The first-order chi connectivity index (χ1) is 11.4. The van der Waals surface area contributed by atoms with Crippen molar-refractivity contribution in [3.63, 3.8) is 0 Å². The molecule has 126 valence electrons. The van der Waals surface area contributed by atoms with Gasteiger partial charge in [-0.1, -0.05) is 6.07 Å². The van der Waals surface area contributed by atoms with E-state index in [1.807, 2.05) is 6.92 Å². The van der Waals surface area contributed by atoms with Crippen LogP contribution in [0.15, 0.2) is 24.4 Å². The summed E-state index contributed by atoms with van der Waals surface area (Å²) in [5.74, 6) is -0.981. The molecule has 0 aliphatic carbocycles. The molecule has 24 heavy (non-hydrogen) atoms. The molecule has 2 aromatic rings. The van der Waals surface area contributed by atoms with E-state index in [-0.39, 0.29) is 28.2 Å². The van der Waals surface area contributed by atoms with Gasteiger partial charge in [-0.05, 0) is 19.9 Å². The van der Waals surface area contributed by atoms with Gasteiger partial charge in [-0.2, -0.15) is 5.10 Å². The smallest absolute Gasteiger partial charge is 0.273 e. The van der Waals surface area contributed by atoms with Crippen LogP contribution in [-0.4, -0.2) is 33.6 Å². The predicted octanol–water partition coefficient (Wildman–Crippen LogP) is 1.73. The maximum Gasteiger partial charge on any atom is 0.273 e. The molecule has 9 nitrogen and oxygen atoms in total. The second-order valence-corrected chi connectivity index (χ2v) is 4.99. The van der Waals surface area contributed by atoms with Crippen LogP contribution in [0.5, 0.6) is 0 Å². The van der Waals surface area contributed by atoms with Crippen molar-refractivity contribution in [2.75, 3.05) is 12.4 Å². The molecule has 0 saturated heterocycles. The molecule has 0 spiro atoms. The van der Waals surface area contributed by atoms with E-state index in [4.69, 9.17) is 0 Å². The lowest BCUT2D eigenvalue weighted by Crippen LogP contribution is -2.22. The third-order valence-electron chi connectivity index (χ3n) is 3.52. The van der Waals surface area contributed by atoms with E-state index in [1.165, 1.54) is 43.0 Å². The van der Waals surface area contributed by atoms with Gasteiger partial charge in [0, 0.05) is 37.0 Å². The van der Waals surface area contributed by atoms with Gasteiger partial charge in [-0.15, -0.1) is 0 Å². The second kappa shape index (κ2) is 6.90. The lowest BCUT2D eigenvalue weighted by molar-refractivity contribution is -0.385. The van der Waals surface area contributed by atoms with Crippen LogP contribution in [0.2, 0.25) is 0 Å². The van der Waals surface area contributed by atoms with Crippen LogP contribution in [-0.2, 0) is 6.54 Å². The van der Waals surface area contributed by atoms with Crippen LogP contribution in [0, 0.1) is 17.0 Å². The van der Waals surface area contributed by atoms with Crippen molar-refractivity contribution in [3.05, 3.63) is 51.3 Å². The van der Waals surface area contributed by atoms with Gasteiger partial charge >= 0.3 is 0 Å². The normalized spacial score (nSPS) is 10.3. The summed E-state index contributed by atoms with van der Waals surface area (Å²) in [5, 5.41) is 20.1. The molecule has 0 unspecified atom stereocenters. The first kappa shape index (κ1) is 17.1. The SMILES string of the molecule is CCn1cc(NC(=O)c2cccc([N+](=O)[O-])c2C)c(C(=O)NC)n1. The van der Waals surface area contributed by atoms with E-state index in [0.29, 0.717) is 6.54 Å². The first-order valence-electron chi connectivity index (χ1n) is 7.23. The van der Waals surface area contributed by atoms with Gasteiger partial charge in [0.15, 0.2) is 5.69 Å². The standard InChI is InChI=1S/C15H17N5O4/c1-4-19-8-11(13(18-19)15(22)16-3)17-14(21)10-6-5-7-12(9(10)2)20(23)24/h5-8H,4H2,1-3H3,(H,16,22)(H,17,21). The molecule has 1 aromatic heterocycles. The van der Waals surface area contributed by atoms with Crippen molar-refractivity contribution in [1.82, 2.24) is 15.1 Å². The first-order valence-corrected chi connectivity index (χ1v) is 7.23. The number of anilines is 1. The largest absolute Gasteiger partial charge is 0.354 e. The minimum absolute atomic E-state index is 0.0794. The molecule has 0 bridgehead atoms. The molecule has 0 saturated carbocycles. The molecule has 1 heterocycles. The number of carbonyl (C=O) groups is 2. The Morgan fingerprint density at radius 2 is 2.04 bits per heavy atom. The maximum absolute atomic E-state index is 12.5. The minimum Gasteiger partial charge on any atom is -0.354 e. The molecule has 0 atom stereocenters. The molecular weight excluding hydrogens is 314 g/mol. The zero-order valence-corrected chi connectivity index (χ0v) is 13.5. The van der Waals surface area contributed by atoms with Crippen molar-refractivity contribution in [2.24, 2.45) is 0 Å². The highest BCUT2D eigenvalue weighted by Crippen LogP contribution is 2.23. The number of aromatic nitrogens is 2. The third kappa shape index (κ3) is 3.24. The molecule has 9 heteroatoms. The molecule has 0 fully saturated rings. The van der Waals surface area contributed by atoms with Crippen molar-refractivity contribution in [1.29, 1.82) is 0 Å². The number of nitrogens with zero attached hydrogens (tertiary/aromatic N) is 3. The van der Waals surface area contributed by atoms with Gasteiger partial charge in [0.1, 0.15) is 0 Å². The fourth-order valence-electron chi connectivity index (χ4n) is 2.22. The van der Waals surface area contributed by atoms with Gasteiger partial charge in [-0.3, -0.25) is 24.4 Å². The summed E-state index contributed by atoms with van der Waals surface area (Å²) in [4.78, 5) is 34.8. The number of nitro benzene ring substituents is 1. The Balaban J connectivity index is 2.37. The maximum atomic E-state index is 12.5. The van der Waals surface area contributed by atoms with Crippen molar-refractivity contribution < 1.29 is 14.5 Å². The van der Waals surface area contributed by atoms with Crippen molar-refractivity contribution >= 4 is 23.2 Å². The number of hydrogen-bond donors (Lipinski definition) is 2. The average molecular weight is 331 g/mol. The Hall–Kier alpha value is -3.23. The lowest BCUT2D eigenvalue weighted by Gasteiger charge is -2.07. The Morgan fingerprint density at radius 3 is 2.62 bits per heavy atom. The summed E-state index contributed by atoms with van der Waals surface area (Å²) >= 11 is 0. The van der Waals surface area contributed by atoms with Gasteiger partial charge in [0.25, 0.3) is 17.5 Å². The fraction of sp³-hybridized carbons (Fsp3) is 0.267. The molecule has 0 aliphatic rings. The number of hydrogen-bond acceptors (Lipinski definition) is 5. The quantitative estimate of drug-likeness (QED) is 0.639. The molecule has 2 amide bonds. The highest BCUT2D eigenvalue weighted by molar-refractivity contribution is 6.09. The van der Waals surface area contributed by atoms with Crippen LogP contribution in [0.1, 0.15) is 33.3 Å². The zero-order chi connectivity index (χ0) is 17.9. The van der Waals surface area contributed by atoms with E-state index in [0.717, 1.165) is 0 Å². The Bertz CT molecular complexity index is 812. The summed E-state index contributed by atoms with van der Waals surface area (Å²) in [6.45, 7) is 3.87. The molecule has 1 aromatic carbocycles. The molecular formula is C15H17N5O4. The van der Waals surface area contributed by atoms with Crippen molar-refractivity contribution in [2.45, 2.75) is 20.4 Å². The zero-order valence-electron chi connectivity index (χ0n) is 13.5. The highest BCUT2D eigenvalue weighted by atomic mass is 16.6. The van der Waals surface area contributed by atoms with Crippen molar-refractivity contribution in [3.8, 4) is 0 Å². The number of rotatable bonds is 5. The van der Waals surface area contributed by atoms with E-state index >= 15 is 0 Å². The predicted molar refractivity (Wildman–Crippen MR) is 87.1 cm³/mol. The molecule has 2 rings (SSSR count). The van der Waals surface area contributed by atoms with Crippen LogP contribution in [0.4, 0.5) is 11.4 Å². The third-order valence-corrected chi connectivity index (χ3v) is 3.52. The van der Waals surface area contributed by atoms with Gasteiger partial charge in [0.2, 0.25) is 0 Å². The van der Waals surface area contributed by atoms with E-state index in [1.54, 1.807) is 0 Å². The number of benzene rings is 1. The topological polar surface area (TPSA) is 119 Å². The summed E-state index contributed by atoms with van der Waals surface area (Å²) in [5.41, 5.74) is 0.599. The van der Waals surface area contributed by atoms with Gasteiger partial charge < -0.3 is 10.6 Å². The number of amides is 2. The van der Waals surface area contributed by atoms with Gasteiger partial charge in [-0.25, -0.2) is 0 Å². The van der Waals surface area contributed by atoms with Gasteiger partial charge in [0.05, 0.1) is 10.6 Å². The summed E-state index contributed by atoms with van der Waals surface area (Å²) in [7, 11) is 1.46. The van der Waals surface area contributed by atoms with Crippen LogP contribution >= 0.6 is 0 Å². The monoisotopic (exact) mass is 331 g/mol. The van der Waals surface area contributed by atoms with E-state index in [2.05, 4.69) is 15.7 Å². The summed E-state index contributed by atoms with van der Waals surface area (Å²) < 4.78 is 1.51. The number of carbonyl (C=O) groups excluding carboxylic acids is 2. The van der Waals surface area contributed by atoms with E-state index < -0.39 is 16.7 Å². The molecule has 0 aliphatic heterocycles. The molecule has 0 radical (unpaired) electrons.